The van der Waals surface area contributed by atoms with Gasteiger partial charge in [0.15, 0.2) is 9.84 Å². The Balaban J connectivity index is 2.10. The van der Waals surface area contributed by atoms with Gasteiger partial charge in [0.1, 0.15) is 24.7 Å². The van der Waals surface area contributed by atoms with Gasteiger partial charge in [-0.05, 0) is 24.3 Å². The molecule has 29 heavy (non-hydrogen) atoms. The first-order valence-corrected chi connectivity index (χ1v) is 10.4. The van der Waals surface area contributed by atoms with Gasteiger partial charge in [-0.1, -0.05) is 71.6 Å². The van der Waals surface area contributed by atoms with Crippen molar-refractivity contribution in [3.63, 3.8) is 0 Å². The van der Waals surface area contributed by atoms with Gasteiger partial charge in [-0.15, -0.1) is 0 Å². The van der Waals surface area contributed by atoms with Crippen molar-refractivity contribution in [2.24, 2.45) is 0 Å². The summed E-state index contributed by atoms with van der Waals surface area (Å²) in [6.45, 7) is -0.521. The highest BCUT2D eigenvalue weighted by molar-refractivity contribution is 7.91. The molecule has 144 valence electrons. The zero-order valence-corrected chi connectivity index (χ0v) is 16.4. The maximum Gasteiger partial charge on any atom is 0.172 e. The van der Waals surface area contributed by atoms with Crippen molar-refractivity contribution >= 4 is 9.84 Å². The average molecular weight is 402 g/mol. The Bertz CT molecular complexity index is 1120. The van der Waals surface area contributed by atoms with Gasteiger partial charge in [0.25, 0.3) is 0 Å². The number of aliphatic hydroxyl groups is 2. The van der Waals surface area contributed by atoms with Gasteiger partial charge in [-0.3, -0.25) is 0 Å². The summed E-state index contributed by atoms with van der Waals surface area (Å²) in [6, 6.07) is 14.1. The van der Waals surface area contributed by atoms with E-state index in [1.807, 2.05) is 0 Å². The Morgan fingerprint density at radius 2 is 0.897 bits per heavy atom. The van der Waals surface area contributed by atoms with Crippen molar-refractivity contribution < 1.29 is 18.6 Å². The van der Waals surface area contributed by atoms with Gasteiger partial charge in [-0.2, -0.15) is 0 Å². The summed E-state index contributed by atoms with van der Waals surface area (Å²) in [5, 5.41) is 17.6. The molecule has 0 atom stereocenters. The van der Waals surface area contributed by atoms with Crippen LogP contribution in [0.3, 0.4) is 0 Å². The molecule has 2 N–H and O–H groups in total. The van der Waals surface area contributed by atoms with Crippen LogP contribution in [0, 0.1) is 47.4 Å². The molecule has 0 amide bonds. The van der Waals surface area contributed by atoms with E-state index in [-0.39, 0.29) is 24.7 Å². The summed E-state index contributed by atoms with van der Waals surface area (Å²) in [4.78, 5) is 0. The van der Waals surface area contributed by atoms with Crippen LogP contribution in [-0.2, 0) is 9.84 Å². The van der Waals surface area contributed by atoms with Gasteiger partial charge in [0.2, 0.25) is 0 Å². The molecule has 0 aliphatic carbocycles. The Morgan fingerprint density at radius 1 is 0.586 bits per heavy atom. The molecule has 0 bridgehead atoms. The van der Waals surface area contributed by atoms with Crippen LogP contribution in [0.15, 0.2) is 48.5 Å². The first kappa shape index (κ1) is 21.8. The zero-order valence-electron chi connectivity index (χ0n) is 15.6. The molecule has 4 nitrogen and oxygen atoms in total. The predicted octanol–water partition coefficient (Wildman–Crippen LogP) is 1.19. The summed E-state index contributed by atoms with van der Waals surface area (Å²) in [5.74, 6) is 21.0. The monoisotopic (exact) mass is 402 g/mol. The van der Waals surface area contributed by atoms with Crippen molar-refractivity contribution in [2.75, 3.05) is 24.7 Å². The second-order valence-corrected chi connectivity index (χ2v) is 7.71. The molecule has 0 radical (unpaired) electrons. The lowest BCUT2D eigenvalue weighted by molar-refractivity contribution is 0.350. The van der Waals surface area contributed by atoms with E-state index in [4.69, 9.17) is 10.2 Å². The number of sulfone groups is 1. The van der Waals surface area contributed by atoms with Crippen molar-refractivity contribution in [2.45, 2.75) is 0 Å². The SMILES string of the molecule is O=S(=O)(CC#Cc1ccccc1C#CCO)CC#Cc1ccccc1C#CCO. The smallest absolute Gasteiger partial charge is 0.172 e. The van der Waals surface area contributed by atoms with E-state index in [1.54, 1.807) is 48.5 Å². The molecule has 0 heterocycles. The molecular weight excluding hydrogens is 384 g/mol. The average Bonchev–Trinajstić information content (AvgIpc) is 2.72. The van der Waals surface area contributed by atoms with E-state index in [0.717, 1.165) is 0 Å². The fourth-order valence-electron chi connectivity index (χ4n) is 2.21. The topological polar surface area (TPSA) is 74.6 Å². The molecule has 0 saturated heterocycles. The van der Waals surface area contributed by atoms with E-state index < -0.39 is 9.84 Å². The van der Waals surface area contributed by atoms with Gasteiger partial charge in [0.05, 0.1) is 0 Å². The molecule has 2 rings (SSSR count). The number of hydrogen-bond acceptors (Lipinski definition) is 4. The van der Waals surface area contributed by atoms with Gasteiger partial charge in [0, 0.05) is 22.3 Å². The third-order valence-electron chi connectivity index (χ3n) is 3.49. The Morgan fingerprint density at radius 3 is 1.21 bits per heavy atom. The molecular formula is C24H18O4S. The van der Waals surface area contributed by atoms with Crippen LogP contribution in [-0.4, -0.2) is 43.4 Å². The summed E-state index contributed by atoms with van der Waals surface area (Å²) in [5.41, 5.74) is 2.47. The third kappa shape index (κ3) is 7.59. The molecule has 0 unspecified atom stereocenters. The largest absolute Gasteiger partial charge is 0.384 e. The first-order valence-electron chi connectivity index (χ1n) is 8.61. The Kier molecular flexibility index (Phi) is 8.59. The van der Waals surface area contributed by atoms with E-state index >= 15 is 0 Å². The van der Waals surface area contributed by atoms with Crippen LogP contribution in [0.25, 0.3) is 0 Å². The highest BCUT2D eigenvalue weighted by Gasteiger charge is 2.06. The summed E-state index contributed by atoms with van der Waals surface area (Å²) in [7, 11) is -3.48. The second kappa shape index (κ2) is 11.4. The zero-order chi connectivity index (χ0) is 21.0. The Hall–Kier alpha value is -3.45. The van der Waals surface area contributed by atoms with Crippen LogP contribution < -0.4 is 0 Å². The molecule has 0 aliphatic rings. The fourth-order valence-corrected chi connectivity index (χ4v) is 2.89. The Labute approximate surface area is 171 Å². The van der Waals surface area contributed by atoms with E-state index in [0.29, 0.717) is 22.3 Å². The fraction of sp³-hybridized carbons (Fsp3) is 0.167. The van der Waals surface area contributed by atoms with Crippen molar-refractivity contribution in [1.82, 2.24) is 0 Å². The molecule has 2 aromatic carbocycles. The van der Waals surface area contributed by atoms with Crippen molar-refractivity contribution in [3.05, 3.63) is 70.8 Å². The lowest BCUT2D eigenvalue weighted by Gasteiger charge is -1.96. The second-order valence-electron chi connectivity index (χ2n) is 5.65. The van der Waals surface area contributed by atoms with Gasteiger partial charge < -0.3 is 10.2 Å². The minimum Gasteiger partial charge on any atom is -0.384 e. The van der Waals surface area contributed by atoms with Gasteiger partial charge in [-0.25, -0.2) is 8.42 Å². The highest BCUT2D eigenvalue weighted by Crippen LogP contribution is 2.06. The lowest BCUT2D eigenvalue weighted by Crippen LogP contribution is -2.08. The van der Waals surface area contributed by atoms with E-state index in [1.165, 1.54) is 0 Å². The number of hydrogen-bond donors (Lipinski definition) is 2. The minimum atomic E-state index is -3.48. The number of rotatable bonds is 2. The summed E-state index contributed by atoms with van der Waals surface area (Å²) in [6.07, 6.45) is 0. The maximum atomic E-state index is 12.2. The molecule has 2 aromatic rings. The number of aliphatic hydroxyl groups excluding tert-OH is 2. The standard InChI is InChI=1S/C24H18O4S/c25-17-5-13-21-9-1-3-11-23(21)15-7-19-29(27,28)20-8-16-24-12-4-2-10-22(24)14-6-18-26/h1-4,9-12,25-26H,17-20H2. The number of benzene rings is 2. The lowest BCUT2D eigenvalue weighted by atomic mass is 10.1. The van der Waals surface area contributed by atoms with Gasteiger partial charge >= 0.3 is 0 Å². The molecule has 5 heteroatoms. The van der Waals surface area contributed by atoms with Crippen LogP contribution in [0.2, 0.25) is 0 Å². The van der Waals surface area contributed by atoms with Crippen LogP contribution in [0.5, 0.6) is 0 Å². The van der Waals surface area contributed by atoms with E-state index in [2.05, 4.69) is 47.4 Å². The van der Waals surface area contributed by atoms with Crippen molar-refractivity contribution in [3.8, 4) is 47.4 Å². The molecule has 0 aliphatic heterocycles. The quantitative estimate of drug-likeness (QED) is 0.741. The predicted molar refractivity (Wildman–Crippen MR) is 113 cm³/mol. The summed E-state index contributed by atoms with van der Waals surface area (Å²) >= 11 is 0. The van der Waals surface area contributed by atoms with Crippen LogP contribution in [0.1, 0.15) is 22.3 Å². The minimum absolute atomic E-state index is 0.260. The van der Waals surface area contributed by atoms with E-state index in [9.17, 15) is 8.42 Å². The normalized spacial score (nSPS) is 9.45. The molecule has 0 spiro atoms. The molecule has 0 fully saturated rings. The van der Waals surface area contributed by atoms with Crippen LogP contribution in [0.4, 0.5) is 0 Å². The third-order valence-corrected chi connectivity index (χ3v) is 4.66. The maximum absolute atomic E-state index is 12.2. The summed E-state index contributed by atoms with van der Waals surface area (Å²) < 4.78 is 24.4. The van der Waals surface area contributed by atoms with Crippen LogP contribution >= 0.6 is 0 Å². The molecule has 0 saturated carbocycles. The first-order chi connectivity index (χ1) is 14.1. The van der Waals surface area contributed by atoms with Crippen molar-refractivity contribution in [1.29, 1.82) is 0 Å². The molecule has 0 aromatic heterocycles. The highest BCUT2D eigenvalue weighted by atomic mass is 32.2.